The van der Waals surface area contributed by atoms with Crippen LogP contribution in [0.5, 0.6) is 0 Å². The molecule has 0 aliphatic rings. The summed E-state index contributed by atoms with van der Waals surface area (Å²) in [5.41, 5.74) is 1.21. The SMILES string of the molecule is C#CCOC(=O)/C=C/c1ccc(C(=O)OC)cc1. The third-order valence-corrected chi connectivity index (χ3v) is 2.04. The fourth-order valence-corrected chi connectivity index (χ4v) is 1.17. The number of carbonyl (C=O) groups excluding carboxylic acids is 2. The summed E-state index contributed by atoms with van der Waals surface area (Å²) in [7, 11) is 1.32. The van der Waals surface area contributed by atoms with Crippen molar-refractivity contribution in [3.8, 4) is 12.3 Å². The minimum atomic E-state index is -0.509. The minimum absolute atomic E-state index is 0.0511. The second kappa shape index (κ2) is 6.92. The topological polar surface area (TPSA) is 52.6 Å². The molecule has 18 heavy (non-hydrogen) atoms. The number of hydrogen-bond donors (Lipinski definition) is 0. The van der Waals surface area contributed by atoms with E-state index in [-0.39, 0.29) is 6.61 Å². The van der Waals surface area contributed by atoms with Crippen molar-refractivity contribution in [1.29, 1.82) is 0 Å². The van der Waals surface area contributed by atoms with Crippen LogP contribution >= 0.6 is 0 Å². The van der Waals surface area contributed by atoms with Crippen molar-refractivity contribution < 1.29 is 19.1 Å². The van der Waals surface area contributed by atoms with Crippen molar-refractivity contribution in [3.05, 3.63) is 41.5 Å². The Hall–Kier alpha value is -2.54. The number of hydrogen-bond acceptors (Lipinski definition) is 4. The first-order chi connectivity index (χ1) is 8.67. The summed E-state index contributed by atoms with van der Waals surface area (Å²) >= 11 is 0. The Morgan fingerprint density at radius 1 is 1.33 bits per heavy atom. The third kappa shape index (κ3) is 4.14. The van der Waals surface area contributed by atoms with Gasteiger partial charge in [-0.3, -0.25) is 0 Å². The Kier molecular flexibility index (Phi) is 5.20. The van der Waals surface area contributed by atoms with Crippen LogP contribution in [0, 0.1) is 12.3 Å². The maximum Gasteiger partial charge on any atom is 0.337 e. The lowest BCUT2D eigenvalue weighted by atomic mass is 10.1. The number of esters is 2. The Labute approximate surface area is 105 Å². The van der Waals surface area contributed by atoms with Gasteiger partial charge in [0.15, 0.2) is 6.61 Å². The zero-order chi connectivity index (χ0) is 13.4. The average Bonchev–Trinajstić information content (AvgIpc) is 2.42. The van der Waals surface area contributed by atoms with Crippen LogP contribution in [0.3, 0.4) is 0 Å². The van der Waals surface area contributed by atoms with Crippen LogP contribution in [0.4, 0.5) is 0 Å². The number of benzene rings is 1. The highest BCUT2D eigenvalue weighted by Crippen LogP contribution is 2.07. The maximum atomic E-state index is 11.2. The molecule has 0 atom stereocenters. The summed E-state index contributed by atoms with van der Waals surface area (Å²) in [4.78, 5) is 22.3. The fourth-order valence-electron chi connectivity index (χ4n) is 1.17. The molecule has 0 saturated heterocycles. The van der Waals surface area contributed by atoms with E-state index in [1.165, 1.54) is 13.2 Å². The molecule has 92 valence electrons. The number of rotatable bonds is 4. The Balaban J connectivity index is 2.64. The predicted molar refractivity (Wildman–Crippen MR) is 66.6 cm³/mol. The van der Waals surface area contributed by atoms with E-state index in [4.69, 9.17) is 6.42 Å². The molecule has 0 aromatic heterocycles. The van der Waals surface area contributed by atoms with E-state index < -0.39 is 11.9 Å². The molecule has 1 aromatic rings. The van der Waals surface area contributed by atoms with Gasteiger partial charge in [-0.1, -0.05) is 18.1 Å². The fraction of sp³-hybridized carbons (Fsp3) is 0.143. The highest BCUT2D eigenvalue weighted by Gasteiger charge is 2.03. The van der Waals surface area contributed by atoms with Crippen molar-refractivity contribution in [2.24, 2.45) is 0 Å². The quantitative estimate of drug-likeness (QED) is 0.459. The van der Waals surface area contributed by atoms with Crippen LogP contribution in [-0.2, 0) is 14.3 Å². The molecular formula is C14H12O4. The smallest absolute Gasteiger partial charge is 0.337 e. The number of terminal acetylenes is 1. The molecule has 0 fully saturated rings. The van der Waals surface area contributed by atoms with Gasteiger partial charge >= 0.3 is 11.9 Å². The van der Waals surface area contributed by atoms with Crippen molar-refractivity contribution in [1.82, 2.24) is 0 Å². The molecule has 4 heteroatoms. The van der Waals surface area contributed by atoms with E-state index in [1.807, 2.05) is 0 Å². The van der Waals surface area contributed by atoms with Gasteiger partial charge in [-0.25, -0.2) is 9.59 Å². The van der Waals surface area contributed by atoms with E-state index >= 15 is 0 Å². The molecule has 0 amide bonds. The van der Waals surface area contributed by atoms with Crippen molar-refractivity contribution in [3.63, 3.8) is 0 Å². The van der Waals surface area contributed by atoms with Gasteiger partial charge in [-0.2, -0.15) is 0 Å². The summed E-state index contributed by atoms with van der Waals surface area (Å²) in [5.74, 6) is 1.28. The zero-order valence-electron chi connectivity index (χ0n) is 9.88. The summed E-state index contributed by atoms with van der Waals surface area (Å²) in [6.07, 6.45) is 7.78. The Bertz CT molecular complexity index is 492. The predicted octanol–water partition coefficient (Wildman–Crippen LogP) is 1.66. The molecular weight excluding hydrogens is 232 g/mol. The monoisotopic (exact) mass is 244 g/mol. The molecule has 0 aliphatic carbocycles. The van der Waals surface area contributed by atoms with Crippen LogP contribution in [0.25, 0.3) is 6.08 Å². The van der Waals surface area contributed by atoms with Crippen LogP contribution in [0.15, 0.2) is 30.3 Å². The molecule has 0 unspecified atom stereocenters. The lowest BCUT2D eigenvalue weighted by Crippen LogP contribution is -2.01. The second-order valence-corrected chi connectivity index (χ2v) is 3.26. The van der Waals surface area contributed by atoms with Gasteiger partial charge in [0.25, 0.3) is 0 Å². The summed E-state index contributed by atoms with van der Waals surface area (Å²) in [6, 6.07) is 6.60. The first-order valence-electron chi connectivity index (χ1n) is 5.14. The minimum Gasteiger partial charge on any atom is -0.465 e. The van der Waals surface area contributed by atoms with Gasteiger partial charge in [0.2, 0.25) is 0 Å². The van der Waals surface area contributed by atoms with Crippen LogP contribution in [0.2, 0.25) is 0 Å². The van der Waals surface area contributed by atoms with E-state index in [9.17, 15) is 9.59 Å². The molecule has 4 nitrogen and oxygen atoms in total. The molecule has 0 saturated carbocycles. The Morgan fingerprint density at radius 2 is 2.00 bits per heavy atom. The first-order valence-corrected chi connectivity index (χ1v) is 5.14. The number of methoxy groups -OCH3 is 1. The van der Waals surface area contributed by atoms with Gasteiger partial charge in [0.05, 0.1) is 12.7 Å². The summed E-state index contributed by atoms with van der Waals surface area (Å²) in [5, 5.41) is 0. The molecule has 0 bridgehead atoms. The van der Waals surface area contributed by atoms with E-state index in [0.717, 1.165) is 5.56 Å². The third-order valence-electron chi connectivity index (χ3n) is 2.04. The van der Waals surface area contributed by atoms with Gasteiger partial charge in [0.1, 0.15) is 0 Å². The number of carbonyl (C=O) groups is 2. The molecule has 1 aromatic carbocycles. The van der Waals surface area contributed by atoms with Crippen LogP contribution in [0.1, 0.15) is 15.9 Å². The summed E-state index contributed by atoms with van der Waals surface area (Å²) < 4.78 is 9.23. The van der Waals surface area contributed by atoms with Crippen molar-refractivity contribution in [2.45, 2.75) is 0 Å². The molecule has 1 rings (SSSR count). The summed E-state index contributed by atoms with van der Waals surface area (Å²) in [6.45, 7) is -0.0511. The van der Waals surface area contributed by atoms with Gasteiger partial charge < -0.3 is 9.47 Å². The van der Waals surface area contributed by atoms with Gasteiger partial charge in [-0.15, -0.1) is 6.42 Å². The maximum absolute atomic E-state index is 11.2. The molecule has 0 spiro atoms. The van der Waals surface area contributed by atoms with E-state index in [1.54, 1.807) is 30.3 Å². The highest BCUT2D eigenvalue weighted by atomic mass is 16.5. The van der Waals surface area contributed by atoms with Crippen molar-refractivity contribution in [2.75, 3.05) is 13.7 Å². The lowest BCUT2D eigenvalue weighted by Gasteiger charge is -1.99. The highest BCUT2D eigenvalue weighted by molar-refractivity contribution is 5.90. The molecule has 0 heterocycles. The van der Waals surface area contributed by atoms with Gasteiger partial charge in [0, 0.05) is 6.08 Å². The van der Waals surface area contributed by atoms with Crippen LogP contribution in [-0.4, -0.2) is 25.7 Å². The zero-order valence-corrected chi connectivity index (χ0v) is 9.88. The standard InChI is InChI=1S/C14H12O4/c1-3-10-18-13(15)9-6-11-4-7-12(8-5-11)14(16)17-2/h1,4-9H,10H2,2H3/b9-6+. The second-order valence-electron chi connectivity index (χ2n) is 3.26. The molecule has 0 radical (unpaired) electrons. The van der Waals surface area contributed by atoms with Crippen molar-refractivity contribution >= 4 is 18.0 Å². The van der Waals surface area contributed by atoms with E-state index in [2.05, 4.69) is 15.4 Å². The normalized spacial score (nSPS) is 9.78. The number of ether oxygens (including phenoxy) is 2. The largest absolute Gasteiger partial charge is 0.465 e. The first kappa shape index (κ1) is 13.5. The van der Waals surface area contributed by atoms with Gasteiger partial charge in [-0.05, 0) is 23.8 Å². The Morgan fingerprint density at radius 3 is 2.56 bits per heavy atom. The van der Waals surface area contributed by atoms with Crippen LogP contribution < -0.4 is 0 Å². The van der Waals surface area contributed by atoms with E-state index in [0.29, 0.717) is 5.56 Å². The molecule has 0 aliphatic heterocycles. The average molecular weight is 244 g/mol. The molecule has 0 N–H and O–H groups in total. The lowest BCUT2D eigenvalue weighted by molar-refractivity contribution is -0.136.